The zero-order valence-corrected chi connectivity index (χ0v) is 20.0. The molecule has 0 unspecified atom stereocenters. The van der Waals surface area contributed by atoms with Crippen LogP contribution in [-0.4, -0.2) is 5.87 Å². The van der Waals surface area contributed by atoms with Crippen molar-refractivity contribution < 1.29 is 17.1 Å². The van der Waals surface area contributed by atoms with E-state index in [-0.39, 0.29) is 17.1 Å². The summed E-state index contributed by atoms with van der Waals surface area (Å²) in [6.45, 7) is 22.4. The van der Waals surface area contributed by atoms with E-state index in [0.29, 0.717) is 11.8 Å². The van der Waals surface area contributed by atoms with Crippen LogP contribution in [0.15, 0.2) is 50.2 Å². The van der Waals surface area contributed by atoms with Gasteiger partial charge in [0.1, 0.15) is 17.7 Å². The summed E-state index contributed by atoms with van der Waals surface area (Å²) in [7, 11) is 0. The van der Waals surface area contributed by atoms with E-state index in [1.807, 2.05) is 0 Å². The smallest absolute Gasteiger partial charge is 0.148 e. The maximum atomic E-state index is 7.79. The molecule has 0 bridgehead atoms. The first-order valence-electron chi connectivity index (χ1n) is 9.23. The summed E-state index contributed by atoms with van der Waals surface area (Å²) in [5.41, 5.74) is 11.8. The van der Waals surface area contributed by atoms with Crippen molar-refractivity contribution in [2.45, 2.75) is 69.2 Å². The second-order valence-electron chi connectivity index (χ2n) is 7.39. The Morgan fingerprint density at radius 2 is 0.857 bits per heavy atom. The molecule has 28 heavy (non-hydrogen) atoms. The largest absolute Gasteiger partial charge is 0.762 e. The molecular formula is C24H32FeN3-. The fourth-order valence-electron chi connectivity index (χ4n) is 3.21. The van der Waals surface area contributed by atoms with Gasteiger partial charge in [-0.1, -0.05) is 36.1 Å². The van der Waals surface area contributed by atoms with Gasteiger partial charge < -0.3 is 5.41 Å². The number of nitrogens with zero attached hydrogens (tertiary/aromatic N) is 3. The first-order chi connectivity index (χ1) is 12.5. The van der Waals surface area contributed by atoms with E-state index < -0.39 is 5.57 Å². The first kappa shape index (κ1) is 28.1. The van der Waals surface area contributed by atoms with Crippen molar-refractivity contribution >= 4 is 5.87 Å². The minimum atomic E-state index is -0.403. The Labute approximate surface area is 182 Å². The molecule has 0 amide bonds. The molecule has 4 heteroatoms. The number of hydrogen-bond acceptors (Lipinski definition) is 2. The number of nitriles is 2. The molecule has 0 N–H and O–H groups in total. The molecular weight excluding hydrogens is 386 g/mol. The predicted molar refractivity (Wildman–Crippen MR) is 115 cm³/mol. The topological polar surface area (TPSA) is 69.9 Å². The third kappa shape index (κ3) is 6.51. The van der Waals surface area contributed by atoms with E-state index in [1.54, 1.807) is 22.3 Å². The standard InChI is InChI=1S/2C10H16.C4N3.Fe/c2*1-6-7(2)9(4)10(5)8(6)3;5-1-4(2-6)3-7;/h2*6H,1-5H3;;/q;;-1;. The quantitative estimate of drug-likeness (QED) is 0.246. The van der Waals surface area contributed by atoms with Crippen LogP contribution in [-0.2, 0) is 17.1 Å². The molecule has 0 fully saturated rings. The summed E-state index contributed by atoms with van der Waals surface area (Å²) in [6, 6.07) is 2.79. The van der Waals surface area contributed by atoms with Crippen molar-refractivity contribution in [1.29, 1.82) is 10.5 Å². The Kier molecular flexibility index (Phi) is 12.4. The number of rotatable bonds is 0. The number of allylic oxidation sites excluding steroid dienone is 9. The van der Waals surface area contributed by atoms with E-state index in [1.165, 1.54) is 40.3 Å². The second-order valence-corrected chi connectivity index (χ2v) is 7.39. The zero-order chi connectivity index (χ0) is 21.5. The van der Waals surface area contributed by atoms with Crippen LogP contribution in [0.5, 0.6) is 0 Å². The van der Waals surface area contributed by atoms with Gasteiger partial charge in [-0.15, -0.1) is 0 Å². The Morgan fingerprint density at radius 3 is 0.893 bits per heavy atom. The molecule has 0 heterocycles. The van der Waals surface area contributed by atoms with Crippen LogP contribution in [0.25, 0.3) is 5.41 Å². The second kappa shape index (κ2) is 12.4. The van der Waals surface area contributed by atoms with Gasteiger partial charge in [0.15, 0.2) is 0 Å². The monoisotopic (exact) mass is 418 g/mol. The molecule has 0 aromatic rings. The predicted octanol–water partition coefficient (Wildman–Crippen LogP) is 6.81. The zero-order valence-electron chi connectivity index (χ0n) is 18.8. The summed E-state index contributed by atoms with van der Waals surface area (Å²) in [6.07, 6.45) is 0. The maximum absolute atomic E-state index is 7.79. The minimum absolute atomic E-state index is 0. The molecule has 0 spiro atoms. The molecule has 0 radical (unpaired) electrons. The summed E-state index contributed by atoms with van der Waals surface area (Å²) in [5.74, 6) is 2.78. The van der Waals surface area contributed by atoms with Crippen LogP contribution < -0.4 is 0 Å². The van der Waals surface area contributed by atoms with Gasteiger partial charge in [-0.05, 0) is 89.5 Å². The van der Waals surface area contributed by atoms with Crippen molar-refractivity contribution in [2.24, 2.45) is 11.8 Å². The van der Waals surface area contributed by atoms with Gasteiger partial charge in [-0.2, -0.15) is 10.5 Å². The van der Waals surface area contributed by atoms with E-state index in [9.17, 15) is 0 Å². The van der Waals surface area contributed by atoms with Crippen molar-refractivity contribution in [2.75, 3.05) is 0 Å². The Hall–Kier alpha value is -2.09. The molecule has 0 saturated carbocycles. The Morgan fingerprint density at radius 1 is 0.643 bits per heavy atom. The van der Waals surface area contributed by atoms with Crippen LogP contribution in [0, 0.1) is 34.5 Å². The first-order valence-corrected chi connectivity index (χ1v) is 9.23. The molecule has 0 atom stereocenters. The van der Waals surface area contributed by atoms with Crippen LogP contribution in [0.3, 0.4) is 0 Å². The van der Waals surface area contributed by atoms with Crippen molar-refractivity contribution in [3.05, 3.63) is 55.6 Å². The van der Waals surface area contributed by atoms with Gasteiger partial charge in [-0.3, -0.25) is 0 Å². The van der Waals surface area contributed by atoms with Crippen molar-refractivity contribution in [3.8, 4) is 12.1 Å². The molecule has 0 aliphatic heterocycles. The molecule has 0 aromatic carbocycles. The third-order valence-electron chi connectivity index (χ3n) is 6.42. The normalized spacial score (nSPS) is 16.4. The van der Waals surface area contributed by atoms with Crippen LogP contribution >= 0.6 is 0 Å². The van der Waals surface area contributed by atoms with Gasteiger partial charge in [-0.25, -0.2) is 5.87 Å². The summed E-state index contributed by atoms with van der Waals surface area (Å²) < 4.78 is 0. The average Bonchev–Trinajstić information content (AvgIpc) is 2.94. The van der Waals surface area contributed by atoms with Gasteiger partial charge >= 0.3 is 0 Å². The minimum Gasteiger partial charge on any atom is -0.762 e. The molecule has 152 valence electrons. The molecule has 2 aliphatic rings. The number of hydrogen-bond donors (Lipinski definition) is 0. The van der Waals surface area contributed by atoms with E-state index >= 15 is 0 Å². The summed E-state index contributed by atoms with van der Waals surface area (Å²) in [4.78, 5) is 0. The molecule has 2 rings (SSSR count). The maximum Gasteiger partial charge on any atom is 0.148 e. The van der Waals surface area contributed by atoms with Gasteiger partial charge in [0.05, 0.1) is 0 Å². The van der Waals surface area contributed by atoms with Gasteiger partial charge in [0, 0.05) is 17.1 Å². The third-order valence-corrected chi connectivity index (χ3v) is 6.42. The van der Waals surface area contributed by atoms with E-state index in [4.69, 9.17) is 15.9 Å². The molecule has 3 nitrogen and oxygen atoms in total. The van der Waals surface area contributed by atoms with Crippen molar-refractivity contribution in [3.63, 3.8) is 0 Å². The molecule has 0 aromatic heterocycles. The molecule has 0 saturated heterocycles. The Balaban J connectivity index is 0. The molecule has 2 aliphatic carbocycles. The van der Waals surface area contributed by atoms with Crippen LogP contribution in [0.1, 0.15) is 69.2 Å². The van der Waals surface area contributed by atoms with E-state index in [0.717, 1.165) is 0 Å². The van der Waals surface area contributed by atoms with Gasteiger partial charge in [0.2, 0.25) is 0 Å². The van der Waals surface area contributed by atoms with E-state index in [2.05, 4.69) is 69.2 Å². The van der Waals surface area contributed by atoms with Crippen molar-refractivity contribution in [1.82, 2.24) is 0 Å². The average molecular weight is 418 g/mol. The fourth-order valence-corrected chi connectivity index (χ4v) is 3.21. The summed E-state index contributed by atoms with van der Waals surface area (Å²) >= 11 is 0. The summed E-state index contributed by atoms with van der Waals surface area (Å²) in [5, 5.41) is 23.4. The Bertz CT molecular complexity index is 747. The van der Waals surface area contributed by atoms with Gasteiger partial charge in [0.25, 0.3) is 0 Å². The SMILES string of the molecule is CC1=C(C)C(C)C(C)=C1C.CC1=C(C)C(C)C(C)=C1C.N#CC(=C=[N-])C#N.[Fe]. The van der Waals surface area contributed by atoms with Crippen LogP contribution in [0.4, 0.5) is 0 Å². The fraction of sp³-hybridized carbons (Fsp3) is 0.500. The van der Waals surface area contributed by atoms with Crippen LogP contribution in [0.2, 0.25) is 0 Å².